The molecular formula is C10H7FN3O3. The van der Waals surface area contributed by atoms with Crippen molar-refractivity contribution in [3.05, 3.63) is 30.1 Å². The smallest absolute Gasteiger partial charge is 0.352 e. The van der Waals surface area contributed by atoms with Crippen LogP contribution in [0.2, 0.25) is 0 Å². The number of halogens is 1. The van der Waals surface area contributed by atoms with Crippen molar-refractivity contribution >= 4 is 23.5 Å². The van der Waals surface area contributed by atoms with Gasteiger partial charge in [0, 0.05) is 5.69 Å². The lowest BCUT2D eigenvalue weighted by atomic mass is 10.2. The minimum Gasteiger partial charge on any atom is -0.367 e. The largest absolute Gasteiger partial charge is 0.367 e. The molecule has 0 aromatic heterocycles. The zero-order valence-corrected chi connectivity index (χ0v) is 8.46. The molecule has 17 heavy (non-hydrogen) atoms. The second kappa shape index (κ2) is 3.85. The van der Waals surface area contributed by atoms with Crippen LogP contribution in [0.4, 0.5) is 14.9 Å². The molecule has 2 N–H and O–H groups in total. The van der Waals surface area contributed by atoms with Crippen molar-refractivity contribution in [2.24, 2.45) is 5.73 Å². The van der Waals surface area contributed by atoms with Gasteiger partial charge in [-0.2, -0.15) is 5.32 Å². The molecule has 1 atom stereocenters. The van der Waals surface area contributed by atoms with Gasteiger partial charge in [-0.05, 0) is 24.3 Å². The summed E-state index contributed by atoms with van der Waals surface area (Å²) in [5, 5.41) is 3.13. The van der Waals surface area contributed by atoms with Crippen LogP contribution in [0.5, 0.6) is 0 Å². The van der Waals surface area contributed by atoms with Gasteiger partial charge < -0.3 is 5.73 Å². The molecule has 87 valence electrons. The van der Waals surface area contributed by atoms with Gasteiger partial charge in [0.25, 0.3) is 11.8 Å². The van der Waals surface area contributed by atoms with Gasteiger partial charge in [0.2, 0.25) is 0 Å². The predicted molar refractivity (Wildman–Crippen MR) is 54.4 cm³/mol. The van der Waals surface area contributed by atoms with Crippen molar-refractivity contribution < 1.29 is 18.8 Å². The molecule has 7 heteroatoms. The van der Waals surface area contributed by atoms with Gasteiger partial charge in [0.15, 0.2) is 6.04 Å². The lowest BCUT2D eigenvalue weighted by molar-refractivity contribution is -0.127. The number of carbonyl (C=O) groups excluding carboxylic acids is 3. The fourth-order valence-electron chi connectivity index (χ4n) is 1.54. The molecule has 0 saturated carbocycles. The molecule has 0 spiro atoms. The van der Waals surface area contributed by atoms with Crippen molar-refractivity contribution in [1.82, 2.24) is 5.32 Å². The topological polar surface area (TPSA) is 94.6 Å². The monoisotopic (exact) mass is 236 g/mol. The highest BCUT2D eigenvalue weighted by atomic mass is 19.1. The van der Waals surface area contributed by atoms with E-state index < -0.39 is 29.7 Å². The maximum absolute atomic E-state index is 12.7. The van der Waals surface area contributed by atoms with E-state index >= 15 is 0 Å². The lowest BCUT2D eigenvalue weighted by Gasteiger charge is -2.18. The van der Waals surface area contributed by atoms with E-state index in [1.807, 2.05) is 0 Å². The molecule has 1 aromatic carbocycles. The van der Waals surface area contributed by atoms with E-state index in [-0.39, 0.29) is 5.69 Å². The fourth-order valence-corrected chi connectivity index (χ4v) is 1.54. The molecule has 1 fully saturated rings. The Hall–Kier alpha value is -2.44. The maximum Gasteiger partial charge on any atom is 0.352 e. The van der Waals surface area contributed by atoms with Crippen LogP contribution >= 0.6 is 0 Å². The van der Waals surface area contributed by atoms with Crippen molar-refractivity contribution in [2.75, 3.05) is 4.90 Å². The third kappa shape index (κ3) is 1.82. The van der Waals surface area contributed by atoms with Crippen molar-refractivity contribution in [3.8, 4) is 0 Å². The number of rotatable bonds is 2. The molecule has 0 bridgehead atoms. The normalized spacial score (nSPS) is 19.4. The molecule has 1 radical (unpaired) electrons. The molecule has 1 saturated heterocycles. The summed E-state index contributed by atoms with van der Waals surface area (Å²) in [6.07, 6.45) is 0. The van der Waals surface area contributed by atoms with Crippen LogP contribution in [0.25, 0.3) is 0 Å². The van der Waals surface area contributed by atoms with Gasteiger partial charge in [-0.15, -0.1) is 0 Å². The molecule has 4 amide bonds. The average molecular weight is 236 g/mol. The summed E-state index contributed by atoms with van der Waals surface area (Å²) in [4.78, 5) is 34.6. The van der Waals surface area contributed by atoms with E-state index in [1.165, 1.54) is 12.1 Å². The summed E-state index contributed by atoms with van der Waals surface area (Å²) in [7, 11) is 0. The Morgan fingerprint density at radius 3 is 2.41 bits per heavy atom. The summed E-state index contributed by atoms with van der Waals surface area (Å²) in [6.45, 7) is 0. The molecule has 1 aromatic rings. The van der Waals surface area contributed by atoms with Crippen LogP contribution in [0, 0.1) is 5.82 Å². The van der Waals surface area contributed by atoms with Crippen LogP contribution in [0.1, 0.15) is 0 Å². The Labute approximate surface area is 95.2 Å². The number of carbonyl (C=O) groups is 3. The number of urea groups is 1. The van der Waals surface area contributed by atoms with E-state index in [9.17, 15) is 18.8 Å². The number of primary amides is 1. The van der Waals surface area contributed by atoms with Crippen molar-refractivity contribution in [1.29, 1.82) is 0 Å². The standard InChI is InChI=1S/C10H7FN3O3/c11-5-1-3-6(4-2-5)14-7(8(12)15)9(16)13-10(14)17/h1-4,7H,(H2,12,15). The van der Waals surface area contributed by atoms with E-state index in [0.29, 0.717) is 0 Å². The van der Waals surface area contributed by atoms with Gasteiger partial charge in [-0.25, -0.2) is 9.18 Å². The number of hydrogen-bond donors (Lipinski definition) is 1. The van der Waals surface area contributed by atoms with Gasteiger partial charge >= 0.3 is 6.03 Å². The van der Waals surface area contributed by atoms with Crippen LogP contribution in [-0.4, -0.2) is 23.9 Å². The molecule has 1 aliphatic rings. The first-order valence-electron chi connectivity index (χ1n) is 4.64. The maximum atomic E-state index is 12.7. The second-order valence-electron chi connectivity index (χ2n) is 3.38. The fraction of sp³-hybridized carbons (Fsp3) is 0.100. The number of nitrogens with zero attached hydrogens (tertiary/aromatic N) is 2. The van der Waals surface area contributed by atoms with Crippen LogP contribution < -0.4 is 16.0 Å². The SMILES string of the molecule is NC(=O)C1C(=O)[N]C(=O)N1c1ccc(F)cc1. The van der Waals surface area contributed by atoms with Gasteiger partial charge in [-0.3, -0.25) is 14.5 Å². The first-order chi connectivity index (χ1) is 8.00. The highest BCUT2D eigenvalue weighted by molar-refractivity contribution is 6.23. The summed E-state index contributed by atoms with van der Waals surface area (Å²) in [6, 6.07) is 2.39. The molecule has 1 heterocycles. The molecular weight excluding hydrogens is 229 g/mol. The average Bonchev–Trinajstić information content (AvgIpc) is 2.55. The highest BCUT2D eigenvalue weighted by Crippen LogP contribution is 2.21. The quantitative estimate of drug-likeness (QED) is 0.566. The summed E-state index contributed by atoms with van der Waals surface area (Å²) in [5.41, 5.74) is 5.21. The number of anilines is 1. The van der Waals surface area contributed by atoms with E-state index in [1.54, 1.807) is 0 Å². The Kier molecular flexibility index (Phi) is 2.51. The second-order valence-corrected chi connectivity index (χ2v) is 3.38. The van der Waals surface area contributed by atoms with E-state index in [0.717, 1.165) is 17.0 Å². The Balaban J connectivity index is 2.41. The molecule has 1 aliphatic heterocycles. The molecule has 6 nitrogen and oxygen atoms in total. The Morgan fingerprint density at radius 1 is 1.29 bits per heavy atom. The minimum absolute atomic E-state index is 0.190. The van der Waals surface area contributed by atoms with Crippen LogP contribution in [0.3, 0.4) is 0 Å². The predicted octanol–water partition coefficient (Wildman–Crippen LogP) is -0.249. The summed E-state index contributed by atoms with van der Waals surface area (Å²) in [5.74, 6) is -2.39. The molecule has 1 unspecified atom stereocenters. The van der Waals surface area contributed by atoms with Gasteiger partial charge in [0.05, 0.1) is 0 Å². The Morgan fingerprint density at radius 2 is 1.88 bits per heavy atom. The van der Waals surface area contributed by atoms with Crippen molar-refractivity contribution in [2.45, 2.75) is 6.04 Å². The van der Waals surface area contributed by atoms with Crippen LogP contribution in [-0.2, 0) is 9.59 Å². The number of imide groups is 1. The van der Waals surface area contributed by atoms with Gasteiger partial charge in [-0.1, -0.05) is 0 Å². The number of amides is 4. The van der Waals surface area contributed by atoms with E-state index in [2.05, 4.69) is 5.32 Å². The minimum atomic E-state index is -1.45. The first kappa shape index (κ1) is 11.1. The third-order valence-electron chi connectivity index (χ3n) is 2.28. The zero-order chi connectivity index (χ0) is 12.6. The number of nitrogens with two attached hydrogens (primary N) is 1. The summed E-state index contributed by atoms with van der Waals surface area (Å²) < 4.78 is 12.7. The van der Waals surface area contributed by atoms with E-state index in [4.69, 9.17) is 5.73 Å². The third-order valence-corrected chi connectivity index (χ3v) is 2.28. The first-order valence-corrected chi connectivity index (χ1v) is 4.64. The van der Waals surface area contributed by atoms with Crippen molar-refractivity contribution in [3.63, 3.8) is 0 Å². The number of hydrogen-bond acceptors (Lipinski definition) is 3. The lowest BCUT2D eigenvalue weighted by Crippen LogP contribution is -2.45. The highest BCUT2D eigenvalue weighted by Gasteiger charge is 2.44. The molecule has 0 aliphatic carbocycles. The molecule has 2 rings (SSSR count). The summed E-state index contributed by atoms with van der Waals surface area (Å²) >= 11 is 0. The number of benzene rings is 1. The Bertz CT molecular complexity index is 500. The van der Waals surface area contributed by atoms with Crippen LogP contribution in [0.15, 0.2) is 24.3 Å². The van der Waals surface area contributed by atoms with Gasteiger partial charge in [0.1, 0.15) is 5.82 Å². The zero-order valence-electron chi connectivity index (χ0n) is 8.46.